The molecule has 1 saturated heterocycles. The van der Waals surface area contributed by atoms with Crippen LogP contribution in [0, 0.1) is 0 Å². The number of nitrogens with one attached hydrogen (secondary N) is 2. The number of carbonyl (C=O) groups excluding carboxylic acids is 4. The molecule has 2 aromatic rings. The predicted octanol–water partition coefficient (Wildman–Crippen LogP) is 2.53. The monoisotopic (exact) mass is 489 g/mol. The van der Waals surface area contributed by atoms with Crippen LogP contribution in [0.3, 0.4) is 0 Å². The molecule has 2 aromatic carbocycles. The van der Waals surface area contributed by atoms with Crippen molar-refractivity contribution in [2.45, 2.75) is 38.2 Å². The van der Waals surface area contributed by atoms with Crippen LogP contribution in [0.2, 0.25) is 0 Å². The van der Waals surface area contributed by atoms with Crippen LogP contribution < -0.4 is 20.1 Å². The van der Waals surface area contributed by atoms with Gasteiger partial charge in [-0.1, -0.05) is 12.1 Å². The number of piperidine rings is 1. The van der Waals surface area contributed by atoms with Crippen LogP contribution in [-0.4, -0.2) is 47.5 Å². The minimum atomic E-state index is -4.99. The summed E-state index contributed by atoms with van der Waals surface area (Å²) in [4.78, 5) is 51.3. The van der Waals surface area contributed by atoms with Gasteiger partial charge in [0, 0.05) is 30.5 Å². The van der Waals surface area contributed by atoms with Gasteiger partial charge in [0.1, 0.15) is 17.5 Å². The average molecular weight is 489 g/mol. The van der Waals surface area contributed by atoms with Gasteiger partial charge in [0.25, 0.3) is 11.8 Å². The number of alkyl halides is 3. The predicted molar refractivity (Wildman–Crippen MR) is 113 cm³/mol. The topological polar surface area (TPSA) is 114 Å². The minimum Gasteiger partial charge on any atom is -0.491 e. The van der Waals surface area contributed by atoms with Gasteiger partial charge in [-0.3, -0.25) is 24.5 Å². The Morgan fingerprint density at radius 1 is 1.14 bits per heavy atom. The van der Waals surface area contributed by atoms with E-state index in [0.29, 0.717) is 23.3 Å². The van der Waals surface area contributed by atoms with Crippen molar-refractivity contribution in [2.24, 2.45) is 0 Å². The third-order valence-electron chi connectivity index (χ3n) is 6.11. The van der Waals surface area contributed by atoms with Gasteiger partial charge in [0.2, 0.25) is 11.8 Å². The van der Waals surface area contributed by atoms with Gasteiger partial charge >= 0.3 is 6.36 Å². The first-order valence-electron chi connectivity index (χ1n) is 10.7. The highest BCUT2D eigenvalue weighted by molar-refractivity contribution is 6.09. The van der Waals surface area contributed by atoms with E-state index in [0.717, 1.165) is 6.07 Å². The molecule has 3 aliphatic heterocycles. The Morgan fingerprint density at radius 3 is 2.66 bits per heavy atom. The molecular weight excluding hydrogens is 471 g/mol. The van der Waals surface area contributed by atoms with Crippen molar-refractivity contribution in [3.63, 3.8) is 0 Å². The van der Waals surface area contributed by atoms with Crippen LogP contribution in [0.25, 0.3) is 0 Å². The zero-order valence-corrected chi connectivity index (χ0v) is 18.0. The first-order valence-corrected chi connectivity index (χ1v) is 10.7. The number of anilines is 1. The first-order chi connectivity index (χ1) is 16.6. The third kappa shape index (κ3) is 4.15. The van der Waals surface area contributed by atoms with Crippen LogP contribution in [0.1, 0.15) is 44.7 Å². The molecule has 1 atom stereocenters. The molecule has 0 radical (unpaired) electrons. The molecule has 0 saturated carbocycles. The van der Waals surface area contributed by atoms with Gasteiger partial charge in [-0.05, 0) is 30.2 Å². The molecule has 0 bridgehead atoms. The Morgan fingerprint density at radius 2 is 1.91 bits per heavy atom. The lowest BCUT2D eigenvalue weighted by Crippen LogP contribution is -2.52. The fourth-order valence-electron chi connectivity index (χ4n) is 4.59. The molecule has 35 heavy (non-hydrogen) atoms. The minimum absolute atomic E-state index is 0.110. The van der Waals surface area contributed by atoms with Crippen LogP contribution in [0.4, 0.5) is 18.9 Å². The Bertz CT molecular complexity index is 1280. The number of fused-ring (bicyclic) bond motifs is 3. The van der Waals surface area contributed by atoms with Crippen molar-refractivity contribution in [3.8, 4) is 11.5 Å². The Balaban J connectivity index is 1.45. The fraction of sp³-hybridized carbons (Fsp3) is 0.304. The summed E-state index contributed by atoms with van der Waals surface area (Å²) >= 11 is 0. The van der Waals surface area contributed by atoms with Crippen LogP contribution in [0.5, 0.6) is 11.5 Å². The molecule has 12 heteroatoms. The number of para-hydroxylation sites is 1. The second-order valence-electron chi connectivity index (χ2n) is 8.25. The summed E-state index contributed by atoms with van der Waals surface area (Å²) in [6.07, 6.45) is -4.23. The Hall–Kier alpha value is -4.09. The lowest BCUT2D eigenvalue weighted by molar-refractivity contribution is -0.274. The van der Waals surface area contributed by atoms with E-state index in [1.54, 1.807) is 0 Å². The maximum absolute atomic E-state index is 13.2. The summed E-state index contributed by atoms with van der Waals surface area (Å²) in [6.45, 7) is 0.428. The second kappa shape index (κ2) is 8.29. The van der Waals surface area contributed by atoms with E-state index in [4.69, 9.17) is 4.74 Å². The van der Waals surface area contributed by atoms with Gasteiger partial charge in [-0.25, -0.2) is 0 Å². The van der Waals surface area contributed by atoms with Gasteiger partial charge in [-0.2, -0.15) is 0 Å². The largest absolute Gasteiger partial charge is 0.573 e. The normalized spacial score (nSPS) is 19.1. The van der Waals surface area contributed by atoms with Gasteiger partial charge in [0.05, 0.1) is 17.9 Å². The first kappa shape index (κ1) is 22.7. The van der Waals surface area contributed by atoms with E-state index in [1.165, 1.54) is 29.2 Å². The van der Waals surface area contributed by atoms with Crippen molar-refractivity contribution in [3.05, 3.63) is 52.6 Å². The molecule has 0 aliphatic carbocycles. The molecule has 9 nitrogen and oxygen atoms in total. The highest BCUT2D eigenvalue weighted by atomic mass is 19.4. The van der Waals surface area contributed by atoms with E-state index < -0.39 is 41.8 Å². The Labute approximate surface area is 196 Å². The number of halogens is 3. The number of benzene rings is 2. The smallest absolute Gasteiger partial charge is 0.491 e. The van der Waals surface area contributed by atoms with Crippen molar-refractivity contribution in [2.75, 3.05) is 11.9 Å². The molecular formula is C23H18F3N3O6. The van der Waals surface area contributed by atoms with E-state index in [9.17, 15) is 32.3 Å². The van der Waals surface area contributed by atoms with Crippen molar-refractivity contribution in [1.82, 2.24) is 10.2 Å². The van der Waals surface area contributed by atoms with E-state index in [-0.39, 0.29) is 42.8 Å². The molecule has 182 valence electrons. The second-order valence-corrected chi connectivity index (χ2v) is 8.25. The van der Waals surface area contributed by atoms with Crippen LogP contribution in [0.15, 0.2) is 30.3 Å². The number of carbonyl (C=O) groups is 4. The molecule has 3 aliphatic rings. The maximum Gasteiger partial charge on any atom is 0.573 e. The molecule has 2 N–H and O–H groups in total. The number of rotatable bonds is 4. The number of hydrogen-bond acceptors (Lipinski definition) is 6. The lowest BCUT2D eigenvalue weighted by Gasteiger charge is -2.29. The molecule has 4 amide bonds. The zero-order valence-electron chi connectivity index (χ0n) is 18.0. The summed E-state index contributed by atoms with van der Waals surface area (Å²) < 4.78 is 47.9. The highest BCUT2D eigenvalue weighted by Gasteiger charge is 2.42. The van der Waals surface area contributed by atoms with Gasteiger partial charge in [0.15, 0.2) is 0 Å². The zero-order chi connectivity index (χ0) is 24.9. The molecule has 0 spiro atoms. The molecule has 3 heterocycles. The fourth-order valence-corrected chi connectivity index (χ4v) is 4.59. The highest BCUT2D eigenvalue weighted by Crippen LogP contribution is 2.43. The number of imide groups is 1. The van der Waals surface area contributed by atoms with E-state index in [2.05, 4.69) is 15.4 Å². The Kier molecular flexibility index (Phi) is 5.37. The van der Waals surface area contributed by atoms with Crippen LogP contribution >= 0.6 is 0 Å². The summed E-state index contributed by atoms with van der Waals surface area (Å²) in [6, 6.07) is 5.49. The lowest BCUT2D eigenvalue weighted by atomic mass is 9.99. The quantitative estimate of drug-likeness (QED) is 0.639. The van der Waals surface area contributed by atoms with Crippen molar-refractivity contribution < 1.29 is 41.8 Å². The summed E-state index contributed by atoms with van der Waals surface area (Å²) in [5.41, 5.74) is 1.37. The maximum atomic E-state index is 13.2. The molecule has 1 fully saturated rings. The molecule has 0 aromatic heterocycles. The standard InChI is InChI=1S/C23H18F3N3O6/c24-23(25,26)35-17-4-2-1-3-12(17)20(31)27-15-9-13-14(11-7-8-34-19(11)15)10-29(22(13)33)16-5-6-18(30)28-21(16)32/h1-4,9,16H,5-8,10H2,(H,27,31)(H,28,30,32). The molecule has 1 unspecified atom stereocenters. The summed E-state index contributed by atoms with van der Waals surface area (Å²) in [5, 5.41) is 4.78. The third-order valence-corrected chi connectivity index (χ3v) is 6.11. The number of amides is 4. The van der Waals surface area contributed by atoms with Crippen molar-refractivity contribution in [1.29, 1.82) is 0 Å². The average Bonchev–Trinajstić information content (AvgIpc) is 3.39. The van der Waals surface area contributed by atoms with E-state index >= 15 is 0 Å². The van der Waals surface area contributed by atoms with E-state index in [1.807, 2.05) is 0 Å². The SMILES string of the molecule is O=C1CCC(N2Cc3c(cc(NC(=O)c4ccccc4OC(F)(F)F)c4c3CCO4)C2=O)C(=O)N1. The number of nitrogens with zero attached hydrogens (tertiary/aromatic N) is 1. The summed E-state index contributed by atoms with van der Waals surface area (Å²) in [7, 11) is 0. The van der Waals surface area contributed by atoms with Gasteiger partial charge < -0.3 is 19.7 Å². The van der Waals surface area contributed by atoms with Crippen molar-refractivity contribution >= 4 is 29.3 Å². The number of ether oxygens (including phenoxy) is 2. The molecule has 5 rings (SSSR count). The van der Waals surface area contributed by atoms with Gasteiger partial charge in [-0.15, -0.1) is 13.2 Å². The summed E-state index contributed by atoms with van der Waals surface area (Å²) in [5.74, 6) is -2.62. The van der Waals surface area contributed by atoms with Crippen LogP contribution in [-0.2, 0) is 22.6 Å². The number of hydrogen-bond donors (Lipinski definition) is 2.